The number of thiocarbonyl (C=S) groups is 1. The summed E-state index contributed by atoms with van der Waals surface area (Å²) in [6, 6.07) is 15.3. The summed E-state index contributed by atoms with van der Waals surface area (Å²) in [5.74, 6) is -0.847. The van der Waals surface area contributed by atoms with E-state index in [1.54, 1.807) is 49.6 Å². The molecule has 7 nitrogen and oxygen atoms in total. The highest BCUT2D eigenvalue weighted by molar-refractivity contribution is 9.10. The Morgan fingerprint density at radius 2 is 1.71 bits per heavy atom. The first-order chi connectivity index (χ1) is 16.8. The predicted molar refractivity (Wildman–Crippen MR) is 141 cm³/mol. The SMILES string of the molecule is COCCOc1ccc(C(=O)NC(=S)Nc2cccc(C(=O)Nc3ccc(F)c(Cl)c3)c2)cc1Br. The minimum absolute atomic E-state index is 0.0504. The van der Waals surface area contributed by atoms with Gasteiger partial charge in [0.25, 0.3) is 11.8 Å². The number of rotatable bonds is 8. The van der Waals surface area contributed by atoms with Crippen LogP contribution < -0.4 is 20.7 Å². The van der Waals surface area contributed by atoms with Crippen molar-refractivity contribution in [3.8, 4) is 5.75 Å². The van der Waals surface area contributed by atoms with Crippen molar-refractivity contribution in [1.29, 1.82) is 0 Å². The molecular weight excluding hydrogens is 561 g/mol. The van der Waals surface area contributed by atoms with Gasteiger partial charge >= 0.3 is 0 Å². The van der Waals surface area contributed by atoms with E-state index in [0.717, 1.165) is 6.07 Å². The number of benzene rings is 3. The fourth-order valence-electron chi connectivity index (χ4n) is 2.85. The third-order valence-electron chi connectivity index (χ3n) is 4.53. The molecule has 3 aromatic rings. The number of halogens is 3. The second kappa shape index (κ2) is 12.6. The molecule has 0 aliphatic carbocycles. The first-order valence-electron chi connectivity index (χ1n) is 10.2. The zero-order valence-corrected chi connectivity index (χ0v) is 21.5. The van der Waals surface area contributed by atoms with Gasteiger partial charge < -0.3 is 20.1 Å². The van der Waals surface area contributed by atoms with Crippen LogP contribution in [0.3, 0.4) is 0 Å². The highest BCUT2D eigenvalue weighted by Crippen LogP contribution is 2.26. The summed E-state index contributed by atoms with van der Waals surface area (Å²) in [5, 5.41) is 8.07. The maximum atomic E-state index is 13.3. The quantitative estimate of drug-likeness (QED) is 0.236. The van der Waals surface area contributed by atoms with Gasteiger partial charge in [0.2, 0.25) is 0 Å². The van der Waals surface area contributed by atoms with Gasteiger partial charge in [0, 0.05) is 29.6 Å². The number of hydrogen-bond acceptors (Lipinski definition) is 5. The number of carbonyl (C=O) groups is 2. The second-order valence-electron chi connectivity index (χ2n) is 7.06. The summed E-state index contributed by atoms with van der Waals surface area (Å²) in [7, 11) is 1.58. The maximum Gasteiger partial charge on any atom is 0.257 e. The fourth-order valence-corrected chi connectivity index (χ4v) is 3.73. The van der Waals surface area contributed by atoms with Crippen LogP contribution >= 0.6 is 39.7 Å². The third-order valence-corrected chi connectivity index (χ3v) is 5.64. The van der Waals surface area contributed by atoms with Crippen LogP contribution in [0.2, 0.25) is 5.02 Å². The van der Waals surface area contributed by atoms with Crippen molar-refractivity contribution in [3.63, 3.8) is 0 Å². The Morgan fingerprint density at radius 3 is 2.43 bits per heavy atom. The van der Waals surface area contributed by atoms with E-state index >= 15 is 0 Å². The normalized spacial score (nSPS) is 10.4. The number of nitrogens with one attached hydrogen (secondary N) is 3. The average Bonchev–Trinajstić information content (AvgIpc) is 2.82. The van der Waals surface area contributed by atoms with Gasteiger partial charge in [-0.05, 0) is 82.7 Å². The summed E-state index contributed by atoms with van der Waals surface area (Å²) in [6.45, 7) is 0.821. The molecule has 0 saturated heterocycles. The molecule has 0 bridgehead atoms. The second-order valence-corrected chi connectivity index (χ2v) is 8.73. The largest absolute Gasteiger partial charge is 0.490 e. The first-order valence-corrected chi connectivity index (χ1v) is 11.7. The van der Waals surface area contributed by atoms with Crippen LogP contribution in [0.25, 0.3) is 0 Å². The molecule has 35 heavy (non-hydrogen) atoms. The van der Waals surface area contributed by atoms with Crippen molar-refractivity contribution in [3.05, 3.63) is 87.1 Å². The van der Waals surface area contributed by atoms with Crippen molar-refractivity contribution in [2.24, 2.45) is 0 Å². The average molecular weight is 581 g/mol. The van der Waals surface area contributed by atoms with E-state index in [9.17, 15) is 14.0 Å². The molecular formula is C24H20BrClFN3O4S. The molecule has 3 N–H and O–H groups in total. The van der Waals surface area contributed by atoms with Crippen molar-refractivity contribution >= 4 is 68.1 Å². The standard InChI is InChI=1S/C24H20BrClFN3O4S/c1-33-9-10-34-21-8-5-15(12-18(21)25)23(32)30-24(35)29-16-4-2-3-14(11-16)22(31)28-17-6-7-20(27)19(26)13-17/h2-8,11-13H,9-10H2,1H3,(H,28,31)(H2,29,30,32,35). The van der Waals surface area contributed by atoms with Gasteiger partial charge in [-0.3, -0.25) is 14.9 Å². The van der Waals surface area contributed by atoms with Gasteiger partial charge in [-0.25, -0.2) is 4.39 Å². The van der Waals surface area contributed by atoms with Crippen molar-refractivity contribution in [2.45, 2.75) is 0 Å². The molecule has 0 heterocycles. The molecule has 0 spiro atoms. The van der Waals surface area contributed by atoms with E-state index in [1.165, 1.54) is 12.1 Å². The van der Waals surface area contributed by atoms with Crippen molar-refractivity contribution < 1.29 is 23.5 Å². The molecule has 2 amide bonds. The van der Waals surface area contributed by atoms with Crippen LogP contribution in [0.1, 0.15) is 20.7 Å². The zero-order chi connectivity index (χ0) is 25.4. The molecule has 0 saturated carbocycles. The predicted octanol–water partition coefficient (Wildman–Crippen LogP) is 5.65. The summed E-state index contributed by atoms with van der Waals surface area (Å²) in [4.78, 5) is 25.1. The van der Waals surface area contributed by atoms with E-state index in [2.05, 4.69) is 31.9 Å². The fraction of sp³-hybridized carbons (Fsp3) is 0.125. The van der Waals surface area contributed by atoms with Crippen LogP contribution in [0.15, 0.2) is 65.1 Å². The Balaban J connectivity index is 1.59. The highest BCUT2D eigenvalue weighted by atomic mass is 79.9. The lowest BCUT2D eigenvalue weighted by molar-refractivity contribution is 0.0976. The number of amides is 2. The molecule has 0 aliphatic heterocycles. The number of ether oxygens (including phenoxy) is 2. The number of hydrogen-bond donors (Lipinski definition) is 3. The lowest BCUT2D eigenvalue weighted by Crippen LogP contribution is -2.34. The zero-order valence-electron chi connectivity index (χ0n) is 18.4. The topological polar surface area (TPSA) is 88.7 Å². The van der Waals surface area contributed by atoms with E-state index in [-0.39, 0.29) is 10.1 Å². The Kier molecular flexibility index (Phi) is 9.55. The first kappa shape index (κ1) is 26.6. The van der Waals surface area contributed by atoms with Crippen LogP contribution in [0.4, 0.5) is 15.8 Å². The molecule has 182 valence electrons. The van der Waals surface area contributed by atoms with Gasteiger partial charge in [-0.1, -0.05) is 17.7 Å². The van der Waals surface area contributed by atoms with Gasteiger partial charge in [0.05, 0.1) is 16.1 Å². The molecule has 0 fully saturated rings. The monoisotopic (exact) mass is 579 g/mol. The van der Waals surface area contributed by atoms with E-state index in [1.807, 2.05) is 0 Å². The Morgan fingerprint density at radius 1 is 0.971 bits per heavy atom. The minimum atomic E-state index is -0.579. The maximum absolute atomic E-state index is 13.3. The summed E-state index contributed by atoms with van der Waals surface area (Å²) >= 11 is 14.4. The lowest BCUT2D eigenvalue weighted by atomic mass is 10.2. The van der Waals surface area contributed by atoms with Gasteiger partial charge in [-0.2, -0.15) is 0 Å². The van der Waals surface area contributed by atoms with Crippen LogP contribution in [0, 0.1) is 5.82 Å². The lowest BCUT2D eigenvalue weighted by Gasteiger charge is -2.12. The summed E-state index contributed by atoms with van der Waals surface area (Å²) < 4.78 is 24.4. The summed E-state index contributed by atoms with van der Waals surface area (Å²) in [5.41, 5.74) is 1.52. The Bertz CT molecular complexity index is 1260. The van der Waals surface area contributed by atoms with Crippen LogP contribution in [-0.2, 0) is 4.74 Å². The Hall–Kier alpha value is -3.05. The minimum Gasteiger partial charge on any atom is -0.490 e. The number of carbonyl (C=O) groups excluding carboxylic acids is 2. The summed E-state index contributed by atoms with van der Waals surface area (Å²) in [6.07, 6.45) is 0. The van der Waals surface area contributed by atoms with Gasteiger partial charge in [0.1, 0.15) is 18.2 Å². The number of anilines is 2. The van der Waals surface area contributed by atoms with Crippen molar-refractivity contribution in [2.75, 3.05) is 31.0 Å². The Labute approximate surface area is 220 Å². The highest BCUT2D eigenvalue weighted by Gasteiger charge is 2.13. The molecule has 11 heteroatoms. The van der Waals surface area contributed by atoms with Crippen LogP contribution in [0.5, 0.6) is 5.75 Å². The molecule has 0 aliphatic rings. The van der Waals surface area contributed by atoms with Gasteiger partial charge in [0.15, 0.2) is 5.11 Å². The molecule has 0 unspecified atom stereocenters. The molecule has 3 rings (SSSR count). The number of methoxy groups -OCH3 is 1. The third kappa shape index (κ3) is 7.72. The molecule has 3 aromatic carbocycles. The van der Waals surface area contributed by atoms with E-state index < -0.39 is 17.6 Å². The van der Waals surface area contributed by atoms with E-state index in [4.69, 9.17) is 33.3 Å². The molecule has 0 aromatic heterocycles. The van der Waals surface area contributed by atoms with Gasteiger partial charge in [-0.15, -0.1) is 0 Å². The smallest absolute Gasteiger partial charge is 0.257 e. The molecule has 0 atom stereocenters. The van der Waals surface area contributed by atoms with E-state index in [0.29, 0.717) is 45.9 Å². The molecule has 0 radical (unpaired) electrons. The van der Waals surface area contributed by atoms with Crippen LogP contribution in [-0.4, -0.2) is 37.3 Å². The van der Waals surface area contributed by atoms with Crippen molar-refractivity contribution in [1.82, 2.24) is 5.32 Å².